The van der Waals surface area contributed by atoms with Crippen LogP contribution in [0.25, 0.3) is 0 Å². The Morgan fingerprint density at radius 3 is 2.45 bits per heavy atom. The number of benzene rings is 2. The summed E-state index contributed by atoms with van der Waals surface area (Å²) in [5, 5.41) is 0. The van der Waals surface area contributed by atoms with E-state index in [1.54, 1.807) is 35.2 Å². The van der Waals surface area contributed by atoms with Crippen molar-refractivity contribution in [2.75, 3.05) is 11.4 Å². The molecule has 0 bridgehead atoms. The molecule has 0 fully saturated rings. The van der Waals surface area contributed by atoms with Crippen molar-refractivity contribution in [2.24, 2.45) is 10.7 Å². The predicted molar refractivity (Wildman–Crippen MR) is 74.5 cm³/mol. The van der Waals surface area contributed by atoms with E-state index < -0.39 is 0 Å². The number of nitrogens with zero attached hydrogens (tertiary/aromatic N) is 2. The SMILES string of the molecule is NC1=NCC(c2ccc(F)cc2)N1c1ccccc1F. The number of aliphatic imine (C=N–C) groups is 1. The van der Waals surface area contributed by atoms with Gasteiger partial charge in [-0.2, -0.15) is 0 Å². The van der Waals surface area contributed by atoms with Crippen molar-refractivity contribution in [1.29, 1.82) is 0 Å². The van der Waals surface area contributed by atoms with E-state index in [4.69, 9.17) is 5.73 Å². The number of para-hydroxylation sites is 1. The molecule has 2 N–H and O–H groups in total. The molecule has 2 aromatic rings. The Hall–Kier alpha value is -2.43. The molecular weight excluding hydrogens is 260 g/mol. The standard InChI is InChI=1S/C15H13F2N3/c16-11-7-5-10(6-8-11)14-9-19-15(18)20(14)13-4-2-1-3-12(13)17/h1-8,14H,9H2,(H2,18,19). The van der Waals surface area contributed by atoms with Crippen molar-refractivity contribution < 1.29 is 8.78 Å². The lowest BCUT2D eigenvalue weighted by molar-refractivity contribution is 0.616. The lowest BCUT2D eigenvalue weighted by atomic mass is 10.1. The van der Waals surface area contributed by atoms with E-state index in [9.17, 15) is 8.78 Å². The zero-order valence-corrected chi connectivity index (χ0v) is 10.6. The van der Waals surface area contributed by atoms with Gasteiger partial charge in [0, 0.05) is 0 Å². The monoisotopic (exact) mass is 273 g/mol. The largest absolute Gasteiger partial charge is 0.369 e. The molecule has 2 aromatic carbocycles. The van der Waals surface area contributed by atoms with Gasteiger partial charge < -0.3 is 10.6 Å². The molecule has 0 aliphatic carbocycles. The van der Waals surface area contributed by atoms with Crippen LogP contribution in [-0.2, 0) is 0 Å². The van der Waals surface area contributed by atoms with Gasteiger partial charge in [0.15, 0.2) is 5.96 Å². The molecule has 3 nitrogen and oxygen atoms in total. The Bertz CT molecular complexity index is 652. The minimum absolute atomic E-state index is 0.215. The number of rotatable bonds is 2. The maximum absolute atomic E-state index is 14.0. The van der Waals surface area contributed by atoms with Gasteiger partial charge in [0.05, 0.1) is 18.3 Å². The predicted octanol–water partition coefficient (Wildman–Crippen LogP) is 2.84. The number of hydrogen-bond donors (Lipinski definition) is 1. The average molecular weight is 273 g/mol. The summed E-state index contributed by atoms with van der Waals surface area (Å²) in [7, 11) is 0. The molecule has 20 heavy (non-hydrogen) atoms. The molecule has 0 amide bonds. The Morgan fingerprint density at radius 1 is 1.05 bits per heavy atom. The third kappa shape index (κ3) is 2.11. The van der Waals surface area contributed by atoms with E-state index in [0.717, 1.165) is 5.56 Å². The molecule has 102 valence electrons. The minimum Gasteiger partial charge on any atom is -0.369 e. The minimum atomic E-state index is -0.361. The van der Waals surface area contributed by atoms with Crippen LogP contribution in [0.5, 0.6) is 0 Å². The normalized spacial score (nSPS) is 18.2. The van der Waals surface area contributed by atoms with Crippen LogP contribution < -0.4 is 10.6 Å². The Kier molecular flexibility index (Phi) is 3.10. The Balaban J connectivity index is 2.01. The van der Waals surface area contributed by atoms with E-state index in [1.165, 1.54) is 18.2 Å². The lowest BCUT2D eigenvalue weighted by Gasteiger charge is -2.27. The van der Waals surface area contributed by atoms with Crippen LogP contribution in [0.4, 0.5) is 14.5 Å². The maximum Gasteiger partial charge on any atom is 0.196 e. The van der Waals surface area contributed by atoms with Gasteiger partial charge in [0.25, 0.3) is 0 Å². The number of halogens is 2. The summed E-state index contributed by atoms with van der Waals surface area (Å²) >= 11 is 0. The highest BCUT2D eigenvalue weighted by Crippen LogP contribution is 2.32. The fourth-order valence-corrected chi connectivity index (χ4v) is 2.38. The third-order valence-corrected chi connectivity index (χ3v) is 3.35. The van der Waals surface area contributed by atoms with Gasteiger partial charge in [-0.3, -0.25) is 4.99 Å². The Morgan fingerprint density at radius 2 is 1.75 bits per heavy atom. The summed E-state index contributed by atoms with van der Waals surface area (Å²) < 4.78 is 27.0. The zero-order valence-electron chi connectivity index (χ0n) is 10.6. The second-order valence-electron chi connectivity index (χ2n) is 4.59. The van der Waals surface area contributed by atoms with Gasteiger partial charge in [-0.05, 0) is 29.8 Å². The molecule has 1 unspecified atom stereocenters. The quantitative estimate of drug-likeness (QED) is 0.914. The van der Waals surface area contributed by atoms with Crippen LogP contribution in [0.1, 0.15) is 11.6 Å². The van der Waals surface area contributed by atoms with Crippen molar-refractivity contribution in [1.82, 2.24) is 0 Å². The van der Waals surface area contributed by atoms with Crippen LogP contribution in [0.3, 0.4) is 0 Å². The second kappa shape index (κ2) is 4.92. The lowest BCUT2D eigenvalue weighted by Crippen LogP contribution is -2.36. The van der Waals surface area contributed by atoms with E-state index in [2.05, 4.69) is 4.99 Å². The molecule has 0 radical (unpaired) electrons. The first-order valence-electron chi connectivity index (χ1n) is 6.26. The van der Waals surface area contributed by atoms with Gasteiger partial charge in [-0.15, -0.1) is 0 Å². The van der Waals surface area contributed by atoms with Crippen molar-refractivity contribution in [3.8, 4) is 0 Å². The van der Waals surface area contributed by atoms with Crippen LogP contribution in [-0.4, -0.2) is 12.5 Å². The smallest absolute Gasteiger partial charge is 0.196 e. The van der Waals surface area contributed by atoms with Crippen LogP contribution in [0.15, 0.2) is 53.5 Å². The number of anilines is 1. The van der Waals surface area contributed by atoms with Gasteiger partial charge in [-0.25, -0.2) is 8.78 Å². The Labute approximate surface area is 115 Å². The fraction of sp³-hybridized carbons (Fsp3) is 0.133. The summed E-state index contributed by atoms with van der Waals surface area (Å²) in [6.07, 6.45) is 0. The van der Waals surface area contributed by atoms with Gasteiger partial charge >= 0.3 is 0 Å². The summed E-state index contributed by atoms with van der Waals surface area (Å²) in [4.78, 5) is 5.82. The highest BCUT2D eigenvalue weighted by Gasteiger charge is 2.30. The average Bonchev–Trinajstić information content (AvgIpc) is 2.82. The molecule has 1 atom stereocenters. The highest BCUT2D eigenvalue weighted by atomic mass is 19.1. The second-order valence-corrected chi connectivity index (χ2v) is 4.59. The van der Waals surface area contributed by atoms with Crippen LogP contribution >= 0.6 is 0 Å². The van der Waals surface area contributed by atoms with E-state index in [1.807, 2.05) is 0 Å². The van der Waals surface area contributed by atoms with Crippen molar-refractivity contribution in [2.45, 2.75) is 6.04 Å². The fourth-order valence-electron chi connectivity index (χ4n) is 2.38. The van der Waals surface area contributed by atoms with Crippen LogP contribution in [0, 0.1) is 11.6 Å². The molecular formula is C15H13F2N3. The molecule has 1 heterocycles. The van der Waals surface area contributed by atoms with Crippen molar-refractivity contribution in [3.63, 3.8) is 0 Å². The van der Waals surface area contributed by atoms with Gasteiger partial charge in [0.1, 0.15) is 11.6 Å². The molecule has 5 heteroatoms. The molecule has 0 saturated heterocycles. The number of hydrogen-bond acceptors (Lipinski definition) is 3. The maximum atomic E-state index is 14.0. The highest BCUT2D eigenvalue weighted by molar-refractivity contribution is 5.97. The summed E-state index contributed by atoms with van der Waals surface area (Å²) in [6.45, 7) is 0.422. The van der Waals surface area contributed by atoms with Crippen molar-refractivity contribution >= 4 is 11.6 Å². The molecule has 0 aromatic heterocycles. The van der Waals surface area contributed by atoms with E-state index >= 15 is 0 Å². The molecule has 1 aliphatic rings. The van der Waals surface area contributed by atoms with E-state index in [-0.39, 0.29) is 23.6 Å². The van der Waals surface area contributed by atoms with Crippen molar-refractivity contribution in [3.05, 3.63) is 65.7 Å². The molecule has 3 rings (SSSR count). The first-order chi connectivity index (χ1) is 9.66. The van der Waals surface area contributed by atoms with Gasteiger partial charge in [-0.1, -0.05) is 24.3 Å². The van der Waals surface area contributed by atoms with Gasteiger partial charge in [0.2, 0.25) is 0 Å². The molecule has 0 spiro atoms. The summed E-state index contributed by atoms with van der Waals surface area (Å²) in [5.41, 5.74) is 7.09. The molecule has 1 aliphatic heterocycles. The first-order valence-corrected chi connectivity index (χ1v) is 6.26. The summed E-state index contributed by atoms with van der Waals surface area (Å²) in [6, 6.07) is 12.3. The topological polar surface area (TPSA) is 41.6 Å². The summed E-state index contributed by atoms with van der Waals surface area (Å²) in [5.74, 6) is -0.401. The number of guanidine groups is 1. The first kappa shape index (κ1) is 12.6. The molecule has 0 saturated carbocycles. The van der Waals surface area contributed by atoms with E-state index in [0.29, 0.717) is 12.2 Å². The third-order valence-electron chi connectivity index (χ3n) is 3.35. The number of nitrogens with two attached hydrogens (primary N) is 1. The van der Waals surface area contributed by atoms with Crippen LogP contribution in [0.2, 0.25) is 0 Å². The zero-order chi connectivity index (χ0) is 14.1.